The van der Waals surface area contributed by atoms with E-state index in [1.54, 1.807) is 35.5 Å². The number of carbonyl (C=O) groups excluding carboxylic acids is 3. The molecule has 2 aliphatic heterocycles. The Balaban J connectivity index is 0.867. The van der Waals surface area contributed by atoms with Gasteiger partial charge < -0.3 is 20.4 Å². The second kappa shape index (κ2) is 16.7. The molecule has 2 atom stereocenters. The maximum atomic E-state index is 15.0. The molecule has 18 heteroatoms. The van der Waals surface area contributed by atoms with E-state index in [0.717, 1.165) is 31.5 Å². The van der Waals surface area contributed by atoms with Crippen molar-refractivity contribution in [2.75, 3.05) is 50.3 Å². The summed E-state index contributed by atoms with van der Waals surface area (Å²) < 4.78 is 15.0. The van der Waals surface area contributed by atoms with Crippen LogP contribution >= 0.6 is 21.6 Å². The molecule has 2 unspecified atom stereocenters. The molecule has 3 fully saturated rings. The first kappa shape index (κ1) is 37.6. The minimum absolute atomic E-state index is 0.000351. The number of carbonyl (C=O) groups is 3. The molecule has 3 aromatic rings. The van der Waals surface area contributed by atoms with E-state index in [9.17, 15) is 28.9 Å². The average molecular weight is 742 g/mol. The summed E-state index contributed by atoms with van der Waals surface area (Å²) in [6.45, 7) is 4.01. The smallest absolute Gasteiger partial charge is 0.317 e. The van der Waals surface area contributed by atoms with Gasteiger partial charge in [0.1, 0.15) is 17.0 Å². The average Bonchev–Trinajstić information content (AvgIpc) is 3.75. The summed E-state index contributed by atoms with van der Waals surface area (Å²) in [5.74, 6) is -1.32. The van der Waals surface area contributed by atoms with Gasteiger partial charge >= 0.3 is 6.03 Å². The maximum Gasteiger partial charge on any atom is 0.317 e. The third kappa shape index (κ3) is 9.07. The van der Waals surface area contributed by atoms with Crippen molar-refractivity contribution in [2.45, 2.75) is 48.0 Å². The highest BCUT2D eigenvalue weighted by molar-refractivity contribution is 8.76. The fraction of sp³-hybridized carbons (Fsp3) is 0.441. The number of rotatable bonds is 12. The van der Waals surface area contributed by atoms with E-state index < -0.39 is 33.7 Å². The molecule has 6 rings (SSSR count). The van der Waals surface area contributed by atoms with Crippen LogP contribution in [0.2, 0.25) is 5.21 Å². The molecule has 1 aliphatic carbocycles. The van der Waals surface area contributed by atoms with E-state index in [1.807, 2.05) is 11.0 Å². The molecule has 4 amide bonds. The van der Waals surface area contributed by atoms with Crippen LogP contribution in [0.3, 0.4) is 0 Å². The lowest BCUT2D eigenvalue weighted by atomic mass is 9.63. The van der Waals surface area contributed by atoms with Gasteiger partial charge in [-0.05, 0) is 59.4 Å². The number of anilines is 1. The molecular weight excluding hydrogens is 705 g/mol. The van der Waals surface area contributed by atoms with Crippen LogP contribution < -0.4 is 10.6 Å². The van der Waals surface area contributed by atoms with Crippen LogP contribution in [-0.4, -0.2) is 114 Å². The lowest BCUT2D eigenvalue weighted by Gasteiger charge is -2.42. The highest BCUT2D eigenvalue weighted by Gasteiger charge is 2.60. The molecule has 3 aliphatic rings. The SMILES string of the molecule is [B]C1([B])C(C(=O)Nc2ccc(CNC(=O)N3CCC(N4CCN(C(=O)CCSSc5ccc([N+](=O)[O-])cn5)CC4)CC3)c(F)c2)C1c1cccnc1. The second-order valence-electron chi connectivity index (χ2n) is 13.1. The van der Waals surface area contributed by atoms with Gasteiger partial charge in [0.05, 0.1) is 20.6 Å². The van der Waals surface area contributed by atoms with Crippen molar-refractivity contribution in [1.82, 2.24) is 30.0 Å². The third-order valence-electron chi connectivity index (χ3n) is 9.79. The number of halogens is 1. The Morgan fingerprint density at radius 2 is 1.79 bits per heavy atom. The van der Waals surface area contributed by atoms with Gasteiger partial charge in [0.25, 0.3) is 5.69 Å². The Labute approximate surface area is 311 Å². The molecule has 268 valence electrons. The summed E-state index contributed by atoms with van der Waals surface area (Å²) in [4.78, 5) is 63.1. The molecule has 2 N–H and O–H groups in total. The first-order valence-corrected chi connectivity index (χ1v) is 19.3. The van der Waals surface area contributed by atoms with E-state index in [1.165, 1.54) is 46.0 Å². The molecule has 1 aromatic carbocycles. The number of hydrogen-bond donors (Lipinski definition) is 2. The Kier molecular flexibility index (Phi) is 12.1. The quantitative estimate of drug-likeness (QED) is 0.0917. The predicted molar refractivity (Wildman–Crippen MR) is 199 cm³/mol. The first-order valence-electron chi connectivity index (χ1n) is 17.0. The van der Waals surface area contributed by atoms with Crippen molar-refractivity contribution in [1.29, 1.82) is 0 Å². The number of pyridine rings is 2. The minimum atomic E-state index is -1.22. The fourth-order valence-electron chi connectivity index (χ4n) is 6.81. The van der Waals surface area contributed by atoms with Gasteiger partial charge in [-0.15, -0.1) is 0 Å². The van der Waals surface area contributed by atoms with Gasteiger partial charge in [-0.1, -0.05) is 28.1 Å². The number of amides is 4. The normalized spacial score (nSPS) is 20.2. The van der Waals surface area contributed by atoms with Crippen LogP contribution in [0.5, 0.6) is 0 Å². The van der Waals surface area contributed by atoms with Gasteiger partial charge in [0.2, 0.25) is 11.8 Å². The van der Waals surface area contributed by atoms with Crippen LogP contribution in [0.4, 0.5) is 20.6 Å². The van der Waals surface area contributed by atoms with E-state index in [2.05, 4.69) is 25.5 Å². The van der Waals surface area contributed by atoms with E-state index in [-0.39, 0.29) is 29.9 Å². The number of benzene rings is 1. The number of nitrogens with zero attached hydrogens (tertiary/aromatic N) is 6. The largest absolute Gasteiger partial charge is 0.340 e. The van der Waals surface area contributed by atoms with Gasteiger partial charge in [0.15, 0.2) is 0 Å². The Hall–Kier alpha value is -4.15. The first-order chi connectivity index (χ1) is 25.0. The summed E-state index contributed by atoms with van der Waals surface area (Å²) in [5, 5.41) is 15.7. The van der Waals surface area contributed by atoms with Crippen LogP contribution in [0.15, 0.2) is 66.1 Å². The number of piperidine rings is 1. The highest BCUT2D eigenvalue weighted by atomic mass is 33.1. The lowest BCUT2D eigenvalue weighted by Crippen LogP contribution is -2.55. The van der Waals surface area contributed by atoms with Crippen molar-refractivity contribution >= 4 is 66.5 Å². The fourth-order valence-corrected chi connectivity index (χ4v) is 8.65. The highest BCUT2D eigenvalue weighted by Crippen LogP contribution is 2.66. The molecule has 52 heavy (non-hydrogen) atoms. The van der Waals surface area contributed by atoms with Crippen molar-refractivity contribution in [3.63, 3.8) is 0 Å². The molecule has 2 saturated heterocycles. The van der Waals surface area contributed by atoms with E-state index >= 15 is 0 Å². The zero-order valence-corrected chi connectivity index (χ0v) is 30.0. The zero-order chi connectivity index (χ0) is 36.8. The Bertz CT molecular complexity index is 1760. The van der Waals surface area contributed by atoms with Gasteiger partial charge in [-0.2, -0.15) is 0 Å². The van der Waals surface area contributed by atoms with E-state index in [0.29, 0.717) is 55.0 Å². The topological polar surface area (TPSA) is 154 Å². The summed E-state index contributed by atoms with van der Waals surface area (Å²) in [7, 11) is 15.2. The van der Waals surface area contributed by atoms with Crippen molar-refractivity contribution < 1.29 is 23.7 Å². The standard InChI is InChI=1S/C34H37B2FN8O5S2/c35-34(36)30(23-2-1-10-38-19-23)31(34)32(47)41-24-4-3-22(27(37)18-24)20-40-33(48)44-11-7-25(8-12-44)42-13-15-43(16-14-42)29(46)9-17-51-52-28-6-5-26(21-39-28)45(49)50/h1-6,10,18-19,21,25,30-31H,7-9,11-17,20H2,(H,40,48)(H,41,47). The van der Waals surface area contributed by atoms with Crippen molar-refractivity contribution in [3.8, 4) is 0 Å². The number of urea groups is 1. The monoisotopic (exact) mass is 742 g/mol. The molecule has 1 saturated carbocycles. The van der Waals surface area contributed by atoms with Crippen LogP contribution in [-0.2, 0) is 16.1 Å². The summed E-state index contributed by atoms with van der Waals surface area (Å²) in [6, 6.07) is 11.0. The van der Waals surface area contributed by atoms with E-state index in [4.69, 9.17) is 15.7 Å². The van der Waals surface area contributed by atoms with Crippen molar-refractivity contribution in [3.05, 3.63) is 88.1 Å². The lowest BCUT2D eigenvalue weighted by molar-refractivity contribution is -0.385. The molecule has 0 bridgehead atoms. The van der Waals surface area contributed by atoms with Gasteiger partial charge in [-0.3, -0.25) is 29.6 Å². The summed E-state index contributed by atoms with van der Waals surface area (Å²) in [6.07, 6.45) is 6.50. The number of nitro groups is 1. The number of piperazine rings is 1. The van der Waals surface area contributed by atoms with Crippen LogP contribution in [0.25, 0.3) is 0 Å². The molecule has 4 radical (unpaired) electrons. The van der Waals surface area contributed by atoms with Crippen molar-refractivity contribution in [2.24, 2.45) is 5.92 Å². The Morgan fingerprint density at radius 1 is 1.02 bits per heavy atom. The van der Waals surface area contributed by atoms with Crippen LogP contribution in [0.1, 0.15) is 36.3 Å². The summed E-state index contributed by atoms with van der Waals surface area (Å²) >= 11 is 0. The van der Waals surface area contributed by atoms with Crippen LogP contribution in [0, 0.1) is 21.8 Å². The Morgan fingerprint density at radius 3 is 2.44 bits per heavy atom. The second-order valence-corrected chi connectivity index (χ2v) is 15.5. The molecule has 13 nitrogen and oxygen atoms in total. The predicted octanol–water partition coefficient (Wildman–Crippen LogP) is 3.98. The number of likely N-dealkylation sites (tertiary alicyclic amines) is 1. The third-order valence-corrected chi connectivity index (χ3v) is 12.1. The molecule has 2 aromatic heterocycles. The summed E-state index contributed by atoms with van der Waals surface area (Å²) in [5.41, 5.74) is 1.27. The number of hydrogen-bond acceptors (Lipinski definition) is 10. The number of aromatic nitrogens is 2. The number of nitrogens with one attached hydrogen (secondary N) is 2. The molecule has 4 heterocycles. The maximum absolute atomic E-state index is 15.0. The molecular formula is C34H37B2FN8O5S2. The zero-order valence-electron chi connectivity index (χ0n) is 28.4. The minimum Gasteiger partial charge on any atom is -0.340 e. The van der Waals surface area contributed by atoms with Gasteiger partial charge in [0, 0.05) is 99.7 Å². The molecule has 0 spiro atoms. The van der Waals surface area contributed by atoms with Gasteiger partial charge in [-0.25, -0.2) is 14.2 Å².